The zero-order valence-electron chi connectivity index (χ0n) is 11.5. The first-order valence-electron chi connectivity index (χ1n) is 7.37. The maximum absolute atomic E-state index is 10.4. The van der Waals surface area contributed by atoms with Gasteiger partial charge in [0.25, 0.3) is 0 Å². The Kier molecular flexibility index (Phi) is 5.42. The van der Waals surface area contributed by atoms with Crippen LogP contribution >= 0.6 is 0 Å². The second-order valence-electron chi connectivity index (χ2n) is 5.72. The Morgan fingerprint density at radius 3 is 2.78 bits per heavy atom. The summed E-state index contributed by atoms with van der Waals surface area (Å²) in [7, 11) is 0. The van der Waals surface area contributed by atoms with E-state index in [4.69, 9.17) is 9.47 Å². The first kappa shape index (κ1) is 14.3. The zero-order valence-corrected chi connectivity index (χ0v) is 11.5. The molecule has 0 spiro atoms. The summed E-state index contributed by atoms with van der Waals surface area (Å²) in [6.07, 6.45) is 6.39. The van der Waals surface area contributed by atoms with E-state index in [1.54, 1.807) is 0 Å². The van der Waals surface area contributed by atoms with E-state index in [0.29, 0.717) is 31.9 Å². The molecule has 2 aliphatic heterocycles. The average Bonchev–Trinajstić information content (AvgIpc) is 2.38. The zero-order chi connectivity index (χ0) is 12.8. The molecule has 0 aliphatic carbocycles. The molecule has 0 amide bonds. The Labute approximate surface area is 110 Å². The molecule has 2 atom stereocenters. The van der Waals surface area contributed by atoms with E-state index in [1.807, 2.05) is 0 Å². The van der Waals surface area contributed by atoms with Gasteiger partial charge < -0.3 is 19.9 Å². The fourth-order valence-electron chi connectivity index (χ4n) is 2.85. The number of hydrogen-bond donors (Lipinski definition) is 2. The van der Waals surface area contributed by atoms with Crippen LogP contribution in [0.15, 0.2) is 0 Å². The summed E-state index contributed by atoms with van der Waals surface area (Å²) in [5.74, 6) is 0. The third-order valence-electron chi connectivity index (χ3n) is 4.12. The van der Waals surface area contributed by atoms with Crippen LogP contribution in [0.3, 0.4) is 0 Å². The lowest BCUT2D eigenvalue weighted by Gasteiger charge is -2.36. The van der Waals surface area contributed by atoms with E-state index in [-0.39, 0.29) is 0 Å². The van der Waals surface area contributed by atoms with Gasteiger partial charge >= 0.3 is 0 Å². The second kappa shape index (κ2) is 6.85. The highest BCUT2D eigenvalue weighted by atomic mass is 16.5. The molecule has 18 heavy (non-hydrogen) atoms. The molecule has 0 radical (unpaired) electrons. The van der Waals surface area contributed by atoms with E-state index in [2.05, 4.69) is 12.2 Å². The third kappa shape index (κ3) is 4.19. The molecular formula is C14H27NO3. The fourth-order valence-corrected chi connectivity index (χ4v) is 2.85. The molecule has 2 heterocycles. The summed E-state index contributed by atoms with van der Waals surface area (Å²) in [6.45, 7) is 5.11. The van der Waals surface area contributed by atoms with Crippen molar-refractivity contribution in [3.05, 3.63) is 0 Å². The molecule has 106 valence electrons. The highest BCUT2D eigenvalue weighted by Crippen LogP contribution is 2.22. The van der Waals surface area contributed by atoms with Gasteiger partial charge in [-0.25, -0.2) is 0 Å². The largest absolute Gasteiger partial charge is 0.388 e. The summed E-state index contributed by atoms with van der Waals surface area (Å²) in [4.78, 5) is 0. The van der Waals surface area contributed by atoms with Crippen molar-refractivity contribution in [3.63, 3.8) is 0 Å². The van der Waals surface area contributed by atoms with Gasteiger partial charge in [0.05, 0.1) is 11.7 Å². The van der Waals surface area contributed by atoms with E-state index < -0.39 is 5.60 Å². The Balaban J connectivity index is 1.72. The van der Waals surface area contributed by atoms with Gasteiger partial charge in [-0.05, 0) is 19.3 Å². The Morgan fingerprint density at radius 1 is 1.28 bits per heavy atom. The van der Waals surface area contributed by atoms with Gasteiger partial charge in [-0.15, -0.1) is 0 Å². The van der Waals surface area contributed by atoms with Gasteiger partial charge in [-0.3, -0.25) is 0 Å². The van der Waals surface area contributed by atoms with Crippen LogP contribution in [0, 0.1) is 0 Å². The smallest absolute Gasteiger partial charge is 0.0815 e. The van der Waals surface area contributed by atoms with Crippen molar-refractivity contribution in [1.29, 1.82) is 0 Å². The molecular weight excluding hydrogens is 230 g/mol. The molecule has 2 rings (SSSR count). The standard InChI is InChI=1S/C14H27NO3/c1-2-3-13-10-12(4-7-18-13)15-11-14(16)5-8-17-9-6-14/h12-13,15-16H,2-11H2,1H3. The molecule has 4 nitrogen and oxygen atoms in total. The first-order chi connectivity index (χ1) is 8.72. The van der Waals surface area contributed by atoms with Gasteiger partial charge in [0.1, 0.15) is 0 Å². The molecule has 2 unspecified atom stereocenters. The van der Waals surface area contributed by atoms with E-state index >= 15 is 0 Å². The summed E-state index contributed by atoms with van der Waals surface area (Å²) < 4.78 is 11.0. The molecule has 0 aromatic rings. The third-order valence-corrected chi connectivity index (χ3v) is 4.12. The lowest BCUT2D eigenvalue weighted by atomic mass is 9.93. The van der Waals surface area contributed by atoms with Crippen LogP contribution in [0.5, 0.6) is 0 Å². The van der Waals surface area contributed by atoms with Crippen molar-refractivity contribution in [3.8, 4) is 0 Å². The number of aliphatic hydroxyl groups is 1. The summed E-state index contributed by atoms with van der Waals surface area (Å²) >= 11 is 0. The summed E-state index contributed by atoms with van der Waals surface area (Å²) in [6, 6.07) is 0.502. The van der Waals surface area contributed by atoms with Crippen LogP contribution in [0.25, 0.3) is 0 Å². The van der Waals surface area contributed by atoms with Crippen LogP contribution in [-0.2, 0) is 9.47 Å². The van der Waals surface area contributed by atoms with Crippen LogP contribution in [0.4, 0.5) is 0 Å². The van der Waals surface area contributed by atoms with Crippen molar-refractivity contribution in [1.82, 2.24) is 5.32 Å². The lowest BCUT2D eigenvalue weighted by Crippen LogP contribution is -2.49. The lowest BCUT2D eigenvalue weighted by molar-refractivity contribution is -0.0669. The van der Waals surface area contributed by atoms with Crippen LogP contribution in [0.2, 0.25) is 0 Å². The number of rotatable bonds is 5. The second-order valence-corrected chi connectivity index (χ2v) is 5.72. The minimum absolute atomic E-state index is 0.408. The van der Waals surface area contributed by atoms with Gasteiger partial charge in [0.2, 0.25) is 0 Å². The van der Waals surface area contributed by atoms with Gasteiger partial charge in [0, 0.05) is 45.2 Å². The Bertz CT molecular complexity index is 239. The van der Waals surface area contributed by atoms with Crippen LogP contribution in [0.1, 0.15) is 45.4 Å². The fraction of sp³-hybridized carbons (Fsp3) is 1.00. The van der Waals surface area contributed by atoms with Gasteiger partial charge in [-0.2, -0.15) is 0 Å². The van der Waals surface area contributed by atoms with Crippen molar-refractivity contribution in [2.75, 3.05) is 26.4 Å². The highest BCUT2D eigenvalue weighted by Gasteiger charge is 2.31. The van der Waals surface area contributed by atoms with Crippen LogP contribution in [-0.4, -0.2) is 49.2 Å². The molecule has 0 bridgehead atoms. The molecule has 0 saturated carbocycles. The van der Waals surface area contributed by atoms with Crippen molar-refractivity contribution < 1.29 is 14.6 Å². The summed E-state index contributed by atoms with van der Waals surface area (Å²) in [5.41, 5.74) is -0.559. The minimum atomic E-state index is -0.559. The SMILES string of the molecule is CCCC1CC(NCC2(O)CCOCC2)CCO1. The maximum atomic E-state index is 10.4. The number of nitrogens with one attached hydrogen (secondary N) is 1. The normalized spacial score (nSPS) is 32.3. The Hall–Kier alpha value is -0.160. The molecule has 0 aromatic carbocycles. The van der Waals surface area contributed by atoms with Gasteiger partial charge in [0.15, 0.2) is 0 Å². The molecule has 2 fully saturated rings. The highest BCUT2D eigenvalue weighted by molar-refractivity contribution is 4.86. The molecule has 0 aromatic heterocycles. The molecule has 4 heteroatoms. The Morgan fingerprint density at radius 2 is 2.06 bits per heavy atom. The molecule has 2 aliphatic rings. The van der Waals surface area contributed by atoms with E-state index in [0.717, 1.165) is 38.7 Å². The summed E-state index contributed by atoms with van der Waals surface area (Å²) in [5, 5.41) is 13.9. The van der Waals surface area contributed by atoms with Crippen LogP contribution < -0.4 is 5.32 Å². The van der Waals surface area contributed by atoms with Crippen molar-refractivity contribution in [2.45, 2.75) is 63.2 Å². The molecule has 2 saturated heterocycles. The first-order valence-corrected chi connectivity index (χ1v) is 7.37. The van der Waals surface area contributed by atoms with Crippen molar-refractivity contribution in [2.24, 2.45) is 0 Å². The molecule has 2 N–H and O–H groups in total. The predicted octanol–water partition coefficient (Wildman–Crippen LogP) is 1.47. The number of hydrogen-bond acceptors (Lipinski definition) is 4. The minimum Gasteiger partial charge on any atom is -0.388 e. The van der Waals surface area contributed by atoms with Gasteiger partial charge in [-0.1, -0.05) is 13.3 Å². The van der Waals surface area contributed by atoms with Crippen molar-refractivity contribution >= 4 is 0 Å². The topological polar surface area (TPSA) is 50.7 Å². The van der Waals surface area contributed by atoms with E-state index in [1.165, 1.54) is 6.42 Å². The quantitative estimate of drug-likeness (QED) is 0.783. The maximum Gasteiger partial charge on any atom is 0.0815 e. The monoisotopic (exact) mass is 257 g/mol. The predicted molar refractivity (Wildman–Crippen MR) is 70.7 cm³/mol. The number of ether oxygens (including phenoxy) is 2. The van der Waals surface area contributed by atoms with E-state index in [9.17, 15) is 5.11 Å². The average molecular weight is 257 g/mol.